The molecule has 0 fully saturated rings. The largest absolute Gasteiger partial charge is 0.693 e. The second-order valence-electron chi connectivity index (χ2n) is 0. The minimum Gasteiger partial charge on any atom is -0.693 e. The number of rotatable bonds is 0. The minimum absolute atomic E-state index is 0. The summed E-state index contributed by atoms with van der Waals surface area (Å²) < 4.78 is 0. The van der Waals surface area contributed by atoms with Crippen LogP contribution in [0.3, 0.4) is 0 Å². The summed E-state index contributed by atoms with van der Waals surface area (Å²) >= 11 is 0. The molecule has 1 radical (unpaired) electrons. The SMILES string of the molecule is O.O.[CH3-].[Lr].[NH2-]. The monoisotopic (exact) mass is 329 g/mol. The van der Waals surface area contributed by atoms with Crippen LogP contribution in [0.4, 0.5) is 0 Å². The zero-order chi connectivity index (χ0) is 0. The Balaban J connectivity index is 0. The maximum atomic E-state index is 0. The summed E-state index contributed by atoms with van der Waals surface area (Å²) in [6.45, 7) is 0. The van der Waals surface area contributed by atoms with Gasteiger partial charge in [-0.3, -0.25) is 0 Å². The fourth-order valence-corrected chi connectivity index (χ4v) is 0. The molecule has 0 bridgehead atoms. The molecule has 0 heterocycles. The van der Waals surface area contributed by atoms with E-state index in [1.165, 1.54) is 0 Å². The molecular weight excluding hydrogens is 320 g/mol. The Kier molecular flexibility index (Phi) is 41.6. The van der Waals surface area contributed by atoms with Gasteiger partial charge in [0.15, 0.2) is 0 Å². The summed E-state index contributed by atoms with van der Waals surface area (Å²) in [6, 6.07) is 0. The van der Waals surface area contributed by atoms with Crippen molar-refractivity contribution in [3.05, 3.63) is 13.6 Å². The standard InChI is InChI=1S/CH3.Lr.H2N.2H2O/h1H3;;3*1H2/q-1;;-1;;. The molecule has 4 heteroatoms. The molecule has 0 saturated heterocycles. The molecule has 0 rings (SSSR count). The van der Waals surface area contributed by atoms with Crippen molar-refractivity contribution in [1.29, 1.82) is 0 Å². The summed E-state index contributed by atoms with van der Waals surface area (Å²) in [5.41, 5.74) is 0. The van der Waals surface area contributed by atoms with Gasteiger partial charge in [0.2, 0.25) is 0 Å². The molecular formula is CH9LrNO2-2. The van der Waals surface area contributed by atoms with Crippen LogP contribution in [0.5, 0.6) is 0 Å². The average molecular weight is 329 g/mol. The van der Waals surface area contributed by atoms with Gasteiger partial charge in [-0.2, -0.15) is 0 Å². The van der Waals surface area contributed by atoms with Crippen molar-refractivity contribution in [3.63, 3.8) is 0 Å². The van der Waals surface area contributed by atoms with Crippen LogP contribution in [0.1, 0.15) is 0 Å². The second-order valence-corrected chi connectivity index (χ2v) is 0. The van der Waals surface area contributed by atoms with E-state index in [2.05, 4.69) is 0 Å². The molecule has 0 spiro atoms. The Morgan fingerprint density at radius 1 is 0.800 bits per heavy atom. The van der Waals surface area contributed by atoms with Gasteiger partial charge in [-0.25, -0.2) is 0 Å². The first kappa shape index (κ1) is 25.7. The first-order chi connectivity index (χ1) is 0. The molecule has 0 saturated carbocycles. The van der Waals surface area contributed by atoms with E-state index in [-0.39, 0.29) is 24.5 Å². The first-order valence-electron chi connectivity index (χ1n) is 0. The van der Waals surface area contributed by atoms with Gasteiger partial charge >= 0.3 is 0 Å². The summed E-state index contributed by atoms with van der Waals surface area (Å²) in [5, 5.41) is 0. The first-order valence-corrected chi connectivity index (χ1v) is 0. The van der Waals surface area contributed by atoms with E-state index in [0.29, 0.717) is 0 Å². The maximum absolute atomic E-state index is 0. The Labute approximate surface area is 25.8 Å². The van der Waals surface area contributed by atoms with Crippen LogP contribution in [0.15, 0.2) is 0 Å². The molecule has 0 unspecified atom stereocenters. The van der Waals surface area contributed by atoms with Crippen molar-refractivity contribution in [2.75, 3.05) is 0 Å². The fraction of sp³-hybridized carbons (Fsp3) is 0. The molecule has 0 aromatic heterocycles. The molecule has 0 aromatic rings. The fourth-order valence-electron chi connectivity index (χ4n) is 0. The predicted octanol–water partition coefficient (Wildman–Crippen LogP) is -0.482. The van der Waals surface area contributed by atoms with Crippen molar-refractivity contribution in [1.82, 2.24) is 0 Å². The van der Waals surface area contributed by atoms with Gasteiger partial charge in [-0.15, -0.1) is 0 Å². The van der Waals surface area contributed by atoms with Gasteiger partial charge < -0.3 is 24.5 Å². The molecule has 5 heavy (non-hydrogen) atoms. The minimum atomic E-state index is 0. The average Bonchev–Trinajstić information content (AvgIpc) is 0. The van der Waals surface area contributed by atoms with E-state index in [1.54, 1.807) is 0 Å². The zero-order valence-corrected chi connectivity index (χ0v) is 4.99. The van der Waals surface area contributed by atoms with Gasteiger partial charge in [0.05, 0.1) is 0 Å². The third-order valence-electron chi connectivity index (χ3n) is 0. The third kappa shape index (κ3) is 1.78. The van der Waals surface area contributed by atoms with E-state index in [4.69, 9.17) is 0 Å². The molecule has 0 aliphatic rings. The van der Waals surface area contributed by atoms with Crippen molar-refractivity contribution in [2.45, 2.75) is 0 Å². The smallest absolute Gasteiger partial charge is 0 e. The van der Waals surface area contributed by atoms with Gasteiger partial charge in [-0.05, 0) is 0 Å². The van der Waals surface area contributed by atoms with E-state index < -0.39 is 0 Å². The Hall–Kier alpha value is -1.12. The molecule has 0 aromatic carbocycles. The van der Waals surface area contributed by atoms with Gasteiger partial charge in [0.25, 0.3) is 0 Å². The molecule has 6 N–H and O–H groups in total. The van der Waals surface area contributed by atoms with Crippen LogP contribution in [0.25, 0.3) is 6.15 Å². The normalized spacial score (nSPS) is 0. The van der Waals surface area contributed by atoms with Crippen molar-refractivity contribution < 1.29 is 11.0 Å². The number of nitrogens with two attached hydrogens (primary N) is 1. The van der Waals surface area contributed by atoms with Crippen molar-refractivity contribution >= 4 is 0 Å². The zero-order valence-electron chi connectivity index (χ0n) is 2.84. The predicted molar refractivity (Wildman–Crippen MR) is 18.9 cm³/mol. The quantitative estimate of drug-likeness (QED) is 0.537. The summed E-state index contributed by atoms with van der Waals surface area (Å²) in [5.74, 6) is 0. The van der Waals surface area contributed by atoms with Crippen LogP contribution in [-0.2, 0) is 0 Å². The molecule has 0 aliphatic heterocycles. The van der Waals surface area contributed by atoms with Gasteiger partial charge in [0.1, 0.15) is 0 Å². The molecule has 47 valence electrons. The number of hydrogen-bond acceptors (Lipinski definition) is 0. The summed E-state index contributed by atoms with van der Waals surface area (Å²) in [6.07, 6.45) is 0. The van der Waals surface area contributed by atoms with E-state index >= 15 is 0 Å². The van der Waals surface area contributed by atoms with Gasteiger partial charge in [-0.1, -0.05) is 0 Å². The molecule has 0 aliphatic carbocycles. The van der Waals surface area contributed by atoms with Gasteiger partial charge in [0, 0.05) is 0 Å². The van der Waals surface area contributed by atoms with Crippen LogP contribution < -0.4 is 0 Å². The second kappa shape index (κ2) is 8.11. The van der Waals surface area contributed by atoms with Crippen LogP contribution in [-0.4, -0.2) is 11.0 Å². The molecule has 3 nitrogen and oxygen atoms in total. The summed E-state index contributed by atoms with van der Waals surface area (Å²) in [7, 11) is 0. The number of hydrogen-bond donors (Lipinski definition) is 0. The molecule has 0 amide bonds. The van der Waals surface area contributed by atoms with Crippen LogP contribution in [0.2, 0.25) is 0 Å². The van der Waals surface area contributed by atoms with E-state index in [9.17, 15) is 0 Å². The third-order valence-corrected chi connectivity index (χ3v) is 0. The van der Waals surface area contributed by atoms with Crippen LogP contribution >= 0.6 is 0 Å². The van der Waals surface area contributed by atoms with E-state index in [1.807, 2.05) is 0 Å². The Bertz CT molecular complexity index is 9.61. The van der Waals surface area contributed by atoms with Crippen molar-refractivity contribution in [2.24, 2.45) is 0 Å². The summed E-state index contributed by atoms with van der Waals surface area (Å²) in [4.78, 5) is 0. The topological polar surface area (TPSA) is 96.5 Å². The Morgan fingerprint density at radius 3 is 0.800 bits per heavy atom. The Morgan fingerprint density at radius 2 is 0.800 bits per heavy atom. The molecule has 0 atom stereocenters. The van der Waals surface area contributed by atoms with E-state index in [0.717, 1.165) is 0 Å². The van der Waals surface area contributed by atoms with Crippen LogP contribution in [0, 0.1) is 7.43 Å². The van der Waals surface area contributed by atoms with Crippen molar-refractivity contribution in [3.8, 4) is 0 Å². The maximum Gasteiger partial charge on any atom is 0 e.